The minimum Gasteiger partial charge on any atom is -0.320 e. The fourth-order valence-electron chi connectivity index (χ4n) is 2.19. The van der Waals surface area contributed by atoms with Crippen LogP contribution in [0.5, 0.6) is 0 Å². The highest BCUT2D eigenvalue weighted by molar-refractivity contribution is 4.82. The standard InChI is InChI=1S/C11H24N2/c1-11(6-3-4-7-11)10-13-9-5-8-12-2/h12-13H,3-10H2,1-2H3. The molecule has 13 heavy (non-hydrogen) atoms. The second kappa shape index (κ2) is 5.61. The third-order valence-corrected chi connectivity index (χ3v) is 3.14. The highest BCUT2D eigenvalue weighted by Crippen LogP contribution is 2.36. The summed E-state index contributed by atoms with van der Waals surface area (Å²) in [5, 5.41) is 6.73. The van der Waals surface area contributed by atoms with Crippen molar-refractivity contribution in [3.8, 4) is 0 Å². The van der Waals surface area contributed by atoms with E-state index in [0.29, 0.717) is 5.41 Å². The Morgan fingerprint density at radius 1 is 1.15 bits per heavy atom. The predicted molar refractivity (Wildman–Crippen MR) is 58.0 cm³/mol. The molecule has 0 spiro atoms. The van der Waals surface area contributed by atoms with Gasteiger partial charge in [0.2, 0.25) is 0 Å². The second-order valence-corrected chi connectivity index (χ2v) is 4.65. The van der Waals surface area contributed by atoms with Crippen molar-refractivity contribution in [3.63, 3.8) is 0 Å². The first-order valence-electron chi connectivity index (χ1n) is 5.62. The van der Waals surface area contributed by atoms with Gasteiger partial charge < -0.3 is 10.6 Å². The first-order valence-corrected chi connectivity index (χ1v) is 5.62. The molecule has 0 radical (unpaired) electrons. The highest BCUT2D eigenvalue weighted by atomic mass is 14.9. The Balaban J connectivity index is 1.98. The average Bonchev–Trinajstić information content (AvgIpc) is 2.53. The average molecular weight is 184 g/mol. The van der Waals surface area contributed by atoms with Gasteiger partial charge in [-0.05, 0) is 44.8 Å². The molecule has 1 saturated carbocycles. The van der Waals surface area contributed by atoms with Crippen molar-refractivity contribution in [2.24, 2.45) is 5.41 Å². The third-order valence-electron chi connectivity index (χ3n) is 3.14. The van der Waals surface area contributed by atoms with Crippen LogP contribution in [-0.4, -0.2) is 26.7 Å². The first kappa shape index (κ1) is 11.0. The van der Waals surface area contributed by atoms with Crippen LogP contribution in [0.1, 0.15) is 39.0 Å². The topological polar surface area (TPSA) is 24.1 Å². The van der Waals surface area contributed by atoms with E-state index in [-0.39, 0.29) is 0 Å². The molecule has 2 heteroatoms. The minimum absolute atomic E-state index is 0.611. The lowest BCUT2D eigenvalue weighted by Crippen LogP contribution is -2.31. The normalized spacial score (nSPS) is 20.8. The molecule has 1 fully saturated rings. The summed E-state index contributed by atoms with van der Waals surface area (Å²) in [5.41, 5.74) is 0.611. The highest BCUT2D eigenvalue weighted by Gasteiger charge is 2.27. The van der Waals surface area contributed by atoms with Crippen LogP contribution >= 0.6 is 0 Å². The molecule has 2 nitrogen and oxygen atoms in total. The van der Waals surface area contributed by atoms with Crippen LogP contribution in [0.4, 0.5) is 0 Å². The van der Waals surface area contributed by atoms with Crippen LogP contribution < -0.4 is 10.6 Å². The smallest absolute Gasteiger partial charge is 0.000517 e. The molecule has 1 aliphatic carbocycles. The van der Waals surface area contributed by atoms with Crippen LogP contribution in [0.25, 0.3) is 0 Å². The van der Waals surface area contributed by atoms with E-state index < -0.39 is 0 Å². The summed E-state index contributed by atoms with van der Waals surface area (Å²) in [7, 11) is 2.01. The molecule has 1 rings (SSSR count). The zero-order valence-corrected chi connectivity index (χ0v) is 9.16. The van der Waals surface area contributed by atoms with E-state index in [4.69, 9.17) is 0 Å². The van der Waals surface area contributed by atoms with E-state index in [9.17, 15) is 0 Å². The van der Waals surface area contributed by atoms with Gasteiger partial charge in [0.05, 0.1) is 0 Å². The fourth-order valence-corrected chi connectivity index (χ4v) is 2.19. The summed E-state index contributed by atoms with van der Waals surface area (Å²) in [6, 6.07) is 0. The number of rotatable bonds is 6. The van der Waals surface area contributed by atoms with Gasteiger partial charge in [0.15, 0.2) is 0 Å². The first-order chi connectivity index (χ1) is 6.27. The van der Waals surface area contributed by atoms with Crippen molar-refractivity contribution in [2.75, 3.05) is 26.7 Å². The summed E-state index contributed by atoms with van der Waals surface area (Å²) < 4.78 is 0. The molecule has 0 aromatic rings. The van der Waals surface area contributed by atoms with Crippen molar-refractivity contribution in [1.29, 1.82) is 0 Å². The largest absolute Gasteiger partial charge is 0.320 e. The molecule has 0 saturated heterocycles. The van der Waals surface area contributed by atoms with Gasteiger partial charge in [-0.25, -0.2) is 0 Å². The molecule has 1 aliphatic rings. The lowest BCUT2D eigenvalue weighted by molar-refractivity contribution is 0.315. The van der Waals surface area contributed by atoms with Crippen molar-refractivity contribution in [2.45, 2.75) is 39.0 Å². The van der Waals surface area contributed by atoms with E-state index in [1.165, 1.54) is 38.6 Å². The summed E-state index contributed by atoms with van der Waals surface area (Å²) >= 11 is 0. The quantitative estimate of drug-likeness (QED) is 0.615. The van der Waals surface area contributed by atoms with Gasteiger partial charge in [0.1, 0.15) is 0 Å². The molecule has 0 bridgehead atoms. The Bertz CT molecular complexity index is 128. The lowest BCUT2D eigenvalue weighted by Gasteiger charge is -2.23. The second-order valence-electron chi connectivity index (χ2n) is 4.65. The van der Waals surface area contributed by atoms with Crippen LogP contribution in [0.15, 0.2) is 0 Å². The Hall–Kier alpha value is -0.0800. The van der Waals surface area contributed by atoms with E-state index >= 15 is 0 Å². The molecule has 78 valence electrons. The van der Waals surface area contributed by atoms with Crippen molar-refractivity contribution in [3.05, 3.63) is 0 Å². The molecular weight excluding hydrogens is 160 g/mol. The van der Waals surface area contributed by atoms with E-state index in [0.717, 1.165) is 13.1 Å². The van der Waals surface area contributed by atoms with Crippen molar-refractivity contribution >= 4 is 0 Å². The van der Waals surface area contributed by atoms with Crippen LogP contribution in [-0.2, 0) is 0 Å². The molecule has 0 aromatic heterocycles. The van der Waals surface area contributed by atoms with Gasteiger partial charge in [-0.2, -0.15) is 0 Å². The number of hydrogen-bond acceptors (Lipinski definition) is 2. The fraction of sp³-hybridized carbons (Fsp3) is 1.00. The van der Waals surface area contributed by atoms with Crippen molar-refractivity contribution < 1.29 is 0 Å². The van der Waals surface area contributed by atoms with E-state index in [1.54, 1.807) is 0 Å². The molecule has 0 aliphatic heterocycles. The molecule has 0 amide bonds. The molecule has 0 heterocycles. The van der Waals surface area contributed by atoms with Gasteiger partial charge in [0.25, 0.3) is 0 Å². The summed E-state index contributed by atoms with van der Waals surface area (Å²) in [4.78, 5) is 0. The Morgan fingerprint density at radius 2 is 1.85 bits per heavy atom. The van der Waals surface area contributed by atoms with Crippen LogP contribution in [0.3, 0.4) is 0 Å². The summed E-state index contributed by atoms with van der Waals surface area (Å²) in [6.07, 6.45) is 6.97. The molecule has 0 unspecified atom stereocenters. The van der Waals surface area contributed by atoms with Crippen molar-refractivity contribution in [1.82, 2.24) is 10.6 Å². The van der Waals surface area contributed by atoms with Crippen LogP contribution in [0.2, 0.25) is 0 Å². The molecule has 0 aromatic carbocycles. The predicted octanol–water partition coefficient (Wildman–Crippen LogP) is 1.77. The third kappa shape index (κ3) is 4.10. The molecular formula is C11H24N2. The van der Waals surface area contributed by atoms with E-state index in [2.05, 4.69) is 17.6 Å². The summed E-state index contributed by atoms with van der Waals surface area (Å²) in [5.74, 6) is 0. The lowest BCUT2D eigenvalue weighted by atomic mass is 9.89. The SMILES string of the molecule is CNCCCNCC1(C)CCCC1. The van der Waals surface area contributed by atoms with Gasteiger partial charge >= 0.3 is 0 Å². The number of hydrogen-bond donors (Lipinski definition) is 2. The molecule has 2 N–H and O–H groups in total. The Kier molecular flexibility index (Phi) is 4.74. The Morgan fingerprint density at radius 3 is 2.46 bits per heavy atom. The zero-order chi connectivity index (χ0) is 9.57. The monoisotopic (exact) mass is 184 g/mol. The maximum absolute atomic E-state index is 3.56. The van der Waals surface area contributed by atoms with Crippen LogP contribution in [0, 0.1) is 5.41 Å². The van der Waals surface area contributed by atoms with Gasteiger partial charge in [-0.15, -0.1) is 0 Å². The zero-order valence-electron chi connectivity index (χ0n) is 9.16. The van der Waals surface area contributed by atoms with Gasteiger partial charge in [0, 0.05) is 6.54 Å². The minimum atomic E-state index is 0.611. The maximum Gasteiger partial charge on any atom is 0.000517 e. The van der Waals surface area contributed by atoms with Gasteiger partial charge in [-0.1, -0.05) is 19.8 Å². The molecule has 0 atom stereocenters. The summed E-state index contributed by atoms with van der Waals surface area (Å²) in [6.45, 7) is 5.93. The van der Waals surface area contributed by atoms with E-state index in [1.807, 2.05) is 7.05 Å². The van der Waals surface area contributed by atoms with Gasteiger partial charge in [-0.3, -0.25) is 0 Å². The maximum atomic E-state index is 3.56. The Labute approximate surface area is 82.5 Å². The number of nitrogens with one attached hydrogen (secondary N) is 2.